The smallest absolute Gasteiger partial charge is 0.324 e. The largest absolute Gasteiger partial charge is 0.361 e. The summed E-state index contributed by atoms with van der Waals surface area (Å²) in [6.45, 7) is 0. The molecule has 7 nitrogen and oxygen atoms in total. The fraction of sp³-hybridized carbons (Fsp3) is 0.500. The van der Waals surface area contributed by atoms with E-state index in [1.807, 2.05) is 61.5 Å². The molecule has 0 bridgehead atoms. The zero-order valence-electron chi connectivity index (χ0n) is 12.3. The van der Waals surface area contributed by atoms with E-state index in [4.69, 9.17) is 0 Å². The molecule has 0 aliphatic carbocycles. The Labute approximate surface area is 113 Å². The lowest BCUT2D eigenvalue weighted by molar-refractivity contribution is -0.467. The molecule has 1 aliphatic heterocycles. The molecule has 2 heterocycles. The Bertz CT molecular complexity index is 573. The van der Waals surface area contributed by atoms with Crippen LogP contribution in [-0.4, -0.2) is 72.4 Å². The summed E-state index contributed by atoms with van der Waals surface area (Å²) in [6, 6.07) is 0. The van der Waals surface area contributed by atoms with Crippen molar-refractivity contribution in [2.24, 2.45) is 17.1 Å². The van der Waals surface area contributed by atoms with Crippen molar-refractivity contribution in [3.63, 3.8) is 0 Å². The summed E-state index contributed by atoms with van der Waals surface area (Å²) >= 11 is 0. The average Bonchev–Trinajstić information content (AvgIpc) is 2.83. The predicted molar refractivity (Wildman–Crippen MR) is 78.0 cm³/mol. The molecule has 7 heteroatoms. The van der Waals surface area contributed by atoms with Gasteiger partial charge < -0.3 is 4.90 Å². The van der Waals surface area contributed by atoms with Crippen molar-refractivity contribution in [3.05, 3.63) is 6.20 Å². The number of hydrogen-bond acceptors (Lipinski definition) is 4. The molecular formula is C12H20N7+. The van der Waals surface area contributed by atoms with Gasteiger partial charge in [-0.2, -0.15) is 5.10 Å². The van der Waals surface area contributed by atoms with Gasteiger partial charge in [0, 0.05) is 21.1 Å². The third-order valence-corrected chi connectivity index (χ3v) is 2.87. The lowest BCUT2D eigenvalue weighted by atomic mass is 10.3. The first-order valence-electron chi connectivity index (χ1n) is 6.02. The number of nitrogens with zero attached hydrogens (tertiary/aromatic N) is 7. The lowest BCUT2D eigenvalue weighted by Crippen LogP contribution is -2.31. The molecule has 1 aromatic rings. The first-order valence-corrected chi connectivity index (χ1v) is 6.02. The van der Waals surface area contributed by atoms with Crippen molar-refractivity contribution in [1.29, 1.82) is 0 Å². The number of amidine groups is 1. The van der Waals surface area contributed by atoms with Crippen molar-refractivity contribution in [2.75, 3.05) is 40.1 Å². The van der Waals surface area contributed by atoms with E-state index in [2.05, 4.69) is 15.2 Å². The van der Waals surface area contributed by atoms with E-state index in [0.29, 0.717) is 0 Å². The predicted octanol–water partition coefficient (Wildman–Crippen LogP) is 0.160. The molecule has 0 aromatic carbocycles. The summed E-state index contributed by atoms with van der Waals surface area (Å²) < 4.78 is 3.81. The van der Waals surface area contributed by atoms with E-state index in [1.54, 1.807) is 12.4 Å². The first kappa shape index (κ1) is 13.3. The second-order valence-electron chi connectivity index (χ2n) is 4.85. The van der Waals surface area contributed by atoms with E-state index in [9.17, 15) is 0 Å². The van der Waals surface area contributed by atoms with Crippen LogP contribution in [0.15, 0.2) is 16.3 Å². The van der Waals surface area contributed by atoms with Crippen LogP contribution in [-0.2, 0) is 7.05 Å². The summed E-state index contributed by atoms with van der Waals surface area (Å²) in [4.78, 5) is 6.67. The highest BCUT2D eigenvalue weighted by Gasteiger charge is 2.28. The Balaban J connectivity index is 2.48. The van der Waals surface area contributed by atoms with Gasteiger partial charge in [-0.25, -0.2) is 4.99 Å². The number of hydrazone groups is 1. The van der Waals surface area contributed by atoms with Gasteiger partial charge >= 0.3 is 5.84 Å². The molecule has 0 fully saturated rings. The molecule has 0 N–H and O–H groups in total. The minimum atomic E-state index is 0.837. The van der Waals surface area contributed by atoms with Crippen LogP contribution in [0.2, 0.25) is 0 Å². The Morgan fingerprint density at radius 3 is 2.53 bits per heavy atom. The van der Waals surface area contributed by atoms with Gasteiger partial charge in [0.15, 0.2) is 11.5 Å². The number of hydrogen-bond donors (Lipinski definition) is 0. The highest BCUT2D eigenvalue weighted by atomic mass is 15.5. The number of rotatable bonds is 2. The number of aromatic nitrogens is 2. The second-order valence-corrected chi connectivity index (χ2v) is 4.85. The van der Waals surface area contributed by atoms with Crippen molar-refractivity contribution in [3.8, 4) is 0 Å². The zero-order valence-corrected chi connectivity index (χ0v) is 12.3. The van der Waals surface area contributed by atoms with Crippen molar-refractivity contribution < 1.29 is 4.58 Å². The fourth-order valence-electron chi connectivity index (χ4n) is 2.16. The quantitative estimate of drug-likeness (QED) is 0.713. The van der Waals surface area contributed by atoms with Gasteiger partial charge in [0.25, 0.3) is 0 Å². The molecule has 0 radical (unpaired) electrons. The molecular weight excluding hydrogens is 242 g/mol. The molecule has 0 spiro atoms. The second kappa shape index (κ2) is 4.83. The average molecular weight is 262 g/mol. The molecule has 19 heavy (non-hydrogen) atoms. The van der Waals surface area contributed by atoms with E-state index in [-0.39, 0.29) is 0 Å². The molecule has 0 saturated heterocycles. The maximum absolute atomic E-state index is 4.68. The molecule has 0 saturated carbocycles. The Morgan fingerprint density at radius 2 is 1.95 bits per heavy atom. The highest BCUT2D eigenvalue weighted by molar-refractivity contribution is 6.63. The van der Waals surface area contributed by atoms with Crippen LogP contribution in [0.3, 0.4) is 0 Å². The number of aliphatic imine (C=N–C) groups is 1. The van der Waals surface area contributed by atoms with Gasteiger partial charge in [0.1, 0.15) is 18.9 Å². The van der Waals surface area contributed by atoms with Crippen LogP contribution >= 0.6 is 0 Å². The fourth-order valence-corrected chi connectivity index (χ4v) is 2.16. The van der Waals surface area contributed by atoms with Crippen LogP contribution in [0.5, 0.6) is 0 Å². The van der Waals surface area contributed by atoms with E-state index >= 15 is 0 Å². The van der Waals surface area contributed by atoms with Gasteiger partial charge in [-0.15, -0.1) is 5.01 Å². The standard InChI is InChI=1S/C12H20N7/c1-16(2)11-9(7-13-18(11)5)15-10-8-14-19(6)12(10)17(3)4/h7-8H,1-6H3/q+1. The monoisotopic (exact) mass is 262 g/mol. The minimum Gasteiger partial charge on any atom is -0.361 e. The summed E-state index contributed by atoms with van der Waals surface area (Å²) in [5, 5.41) is 10.3. The van der Waals surface area contributed by atoms with Crippen molar-refractivity contribution in [2.45, 2.75) is 0 Å². The third kappa shape index (κ3) is 2.35. The molecule has 0 unspecified atom stereocenters. The summed E-state index contributed by atoms with van der Waals surface area (Å²) in [7, 11) is 11.7. The third-order valence-electron chi connectivity index (χ3n) is 2.87. The van der Waals surface area contributed by atoms with Crippen LogP contribution in [0.25, 0.3) is 0 Å². The Hall–Kier alpha value is -2.18. The summed E-state index contributed by atoms with van der Waals surface area (Å²) in [6.07, 6.45) is 3.53. The Kier molecular flexibility index (Phi) is 3.37. The maximum atomic E-state index is 4.68. The normalized spacial score (nSPS) is 16.6. The van der Waals surface area contributed by atoms with Crippen LogP contribution in [0, 0.1) is 0 Å². The van der Waals surface area contributed by atoms with E-state index in [1.165, 1.54) is 0 Å². The van der Waals surface area contributed by atoms with E-state index < -0.39 is 0 Å². The number of anilines is 1. The Morgan fingerprint density at radius 1 is 1.26 bits per heavy atom. The highest BCUT2D eigenvalue weighted by Crippen LogP contribution is 2.26. The van der Waals surface area contributed by atoms with Gasteiger partial charge in [0.2, 0.25) is 0 Å². The van der Waals surface area contributed by atoms with Gasteiger partial charge in [-0.05, 0) is 0 Å². The molecule has 2 rings (SSSR count). The van der Waals surface area contributed by atoms with Crippen molar-refractivity contribution in [1.82, 2.24) is 14.8 Å². The number of aryl methyl sites for hydroxylation is 1. The van der Waals surface area contributed by atoms with Crippen molar-refractivity contribution >= 4 is 29.3 Å². The molecule has 102 valence electrons. The molecule has 1 aliphatic rings. The molecule has 0 amide bonds. The van der Waals surface area contributed by atoms with Crippen LogP contribution < -0.4 is 4.90 Å². The van der Waals surface area contributed by atoms with E-state index in [0.717, 1.165) is 23.1 Å². The molecule has 0 atom stereocenters. The zero-order chi connectivity index (χ0) is 14.2. The maximum Gasteiger partial charge on any atom is 0.324 e. The summed E-state index contributed by atoms with van der Waals surface area (Å²) in [5.74, 6) is 1.93. The first-order chi connectivity index (χ1) is 8.91. The van der Waals surface area contributed by atoms with Crippen LogP contribution in [0.4, 0.5) is 11.5 Å². The minimum absolute atomic E-state index is 0.837. The van der Waals surface area contributed by atoms with Crippen LogP contribution in [0.1, 0.15) is 0 Å². The van der Waals surface area contributed by atoms with Gasteiger partial charge in [0.05, 0.1) is 20.3 Å². The lowest BCUT2D eigenvalue weighted by Gasteiger charge is -2.13. The van der Waals surface area contributed by atoms with Gasteiger partial charge in [-0.3, -0.25) is 9.26 Å². The summed E-state index contributed by atoms with van der Waals surface area (Å²) in [5.41, 5.74) is 1.67. The SMILES string of the molecule is CN1N=CC(=Nc2cnn(C)c2N(C)C)C1=[N+](C)C. The topological polar surface area (TPSA) is 52.0 Å². The van der Waals surface area contributed by atoms with Gasteiger partial charge in [-0.1, -0.05) is 5.10 Å². The molecule has 1 aromatic heterocycles.